The lowest BCUT2D eigenvalue weighted by molar-refractivity contribution is -0.113. The van der Waals surface area contributed by atoms with Crippen LogP contribution in [0.5, 0.6) is 0 Å². The summed E-state index contributed by atoms with van der Waals surface area (Å²) >= 11 is 0. The van der Waals surface area contributed by atoms with Crippen molar-refractivity contribution in [3.05, 3.63) is 35.6 Å². The number of ketones is 1. The van der Waals surface area contributed by atoms with Crippen LogP contribution in [0.2, 0.25) is 0 Å². The van der Waals surface area contributed by atoms with Crippen LogP contribution in [0, 0.1) is 0 Å². The highest BCUT2D eigenvalue weighted by Gasteiger charge is 2.10. The van der Waals surface area contributed by atoms with Crippen molar-refractivity contribution in [1.82, 2.24) is 4.90 Å². The molecule has 0 bridgehead atoms. The molecule has 0 radical (unpaired) electrons. The summed E-state index contributed by atoms with van der Waals surface area (Å²) in [6, 6.07) is 0. The predicted octanol–water partition coefficient (Wildman–Crippen LogP) is 1.52. The Kier molecular flexibility index (Phi) is 2.48. The fraction of sp³-hybridized carbons (Fsp3) is 0.300. The highest BCUT2D eigenvalue weighted by molar-refractivity contribution is 5.99. The maximum atomic E-state index is 11.1. The van der Waals surface area contributed by atoms with Crippen molar-refractivity contribution in [1.29, 1.82) is 0 Å². The monoisotopic (exact) mass is 163 g/mol. The molecule has 0 N–H and O–H groups in total. The Morgan fingerprint density at radius 2 is 2.17 bits per heavy atom. The molecule has 2 heteroatoms. The number of hydrogen-bond acceptors (Lipinski definition) is 2. The molecule has 0 amide bonds. The Hall–Kier alpha value is -1.31. The third-order valence-electron chi connectivity index (χ3n) is 1.63. The average molecular weight is 163 g/mol. The standard InChI is InChI=1S/C10H13NO/c1-8(12)10-6-4-5-9(10)7-11(2)3/h4-7H,1-3H3. The van der Waals surface area contributed by atoms with E-state index in [1.54, 1.807) is 6.92 Å². The number of allylic oxidation sites excluding steroid dienone is 5. The van der Waals surface area contributed by atoms with E-state index in [0.717, 1.165) is 11.1 Å². The van der Waals surface area contributed by atoms with Gasteiger partial charge in [0.25, 0.3) is 0 Å². The largest absolute Gasteiger partial charge is 0.383 e. The summed E-state index contributed by atoms with van der Waals surface area (Å²) < 4.78 is 0. The van der Waals surface area contributed by atoms with E-state index in [-0.39, 0.29) is 5.78 Å². The van der Waals surface area contributed by atoms with E-state index < -0.39 is 0 Å². The van der Waals surface area contributed by atoms with Crippen LogP contribution in [0.4, 0.5) is 0 Å². The minimum atomic E-state index is 0.119. The summed E-state index contributed by atoms with van der Waals surface area (Å²) in [6.45, 7) is 1.59. The highest BCUT2D eigenvalue weighted by atomic mass is 16.1. The van der Waals surface area contributed by atoms with Crippen LogP contribution in [0.25, 0.3) is 0 Å². The van der Waals surface area contributed by atoms with Crippen molar-refractivity contribution in [2.45, 2.75) is 6.92 Å². The summed E-state index contributed by atoms with van der Waals surface area (Å²) in [6.07, 6.45) is 7.62. The Balaban J connectivity index is 2.88. The second kappa shape index (κ2) is 3.39. The fourth-order valence-electron chi connectivity index (χ4n) is 1.15. The molecule has 1 aliphatic rings. The number of Topliss-reactive ketones (excluding diaryl/α,β-unsaturated/α-hetero) is 1. The first-order chi connectivity index (χ1) is 5.61. The van der Waals surface area contributed by atoms with Gasteiger partial charge in [-0.2, -0.15) is 0 Å². The number of rotatable bonds is 2. The van der Waals surface area contributed by atoms with E-state index >= 15 is 0 Å². The number of hydrogen-bond donors (Lipinski definition) is 0. The van der Waals surface area contributed by atoms with Crippen molar-refractivity contribution in [2.75, 3.05) is 14.1 Å². The predicted molar refractivity (Wildman–Crippen MR) is 49.7 cm³/mol. The fourth-order valence-corrected chi connectivity index (χ4v) is 1.15. The Labute approximate surface area is 72.9 Å². The molecule has 12 heavy (non-hydrogen) atoms. The van der Waals surface area contributed by atoms with Crippen LogP contribution in [0.1, 0.15) is 6.92 Å². The van der Waals surface area contributed by atoms with Crippen LogP contribution in [0.3, 0.4) is 0 Å². The SMILES string of the molecule is CC(=O)C1=CC=CC1=CN(C)C. The van der Waals surface area contributed by atoms with Gasteiger partial charge >= 0.3 is 0 Å². The first-order valence-electron chi connectivity index (χ1n) is 3.89. The summed E-state index contributed by atoms with van der Waals surface area (Å²) in [5.41, 5.74) is 1.79. The molecule has 1 aliphatic carbocycles. The molecule has 0 aromatic heterocycles. The molecule has 0 fully saturated rings. The highest BCUT2D eigenvalue weighted by Crippen LogP contribution is 2.18. The maximum absolute atomic E-state index is 11.1. The van der Waals surface area contributed by atoms with Crippen LogP contribution in [-0.4, -0.2) is 24.8 Å². The van der Waals surface area contributed by atoms with Gasteiger partial charge in [-0.1, -0.05) is 18.2 Å². The van der Waals surface area contributed by atoms with E-state index in [1.807, 2.05) is 43.4 Å². The summed E-state index contributed by atoms with van der Waals surface area (Å²) in [4.78, 5) is 13.0. The van der Waals surface area contributed by atoms with Gasteiger partial charge in [-0.3, -0.25) is 4.79 Å². The molecule has 0 aliphatic heterocycles. The molecule has 64 valence electrons. The van der Waals surface area contributed by atoms with Crippen LogP contribution in [0.15, 0.2) is 35.6 Å². The van der Waals surface area contributed by atoms with Gasteiger partial charge in [0.2, 0.25) is 0 Å². The molecular weight excluding hydrogens is 150 g/mol. The van der Waals surface area contributed by atoms with Crippen molar-refractivity contribution >= 4 is 5.78 Å². The van der Waals surface area contributed by atoms with Gasteiger partial charge < -0.3 is 4.90 Å². The minimum Gasteiger partial charge on any atom is -0.383 e. The zero-order valence-electron chi connectivity index (χ0n) is 7.66. The van der Waals surface area contributed by atoms with Gasteiger partial charge in [0.05, 0.1) is 0 Å². The summed E-state index contributed by atoms with van der Waals surface area (Å²) in [5.74, 6) is 0.119. The lowest BCUT2D eigenvalue weighted by Crippen LogP contribution is -2.05. The smallest absolute Gasteiger partial charge is 0.160 e. The van der Waals surface area contributed by atoms with Crippen molar-refractivity contribution in [3.8, 4) is 0 Å². The third-order valence-corrected chi connectivity index (χ3v) is 1.63. The van der Waals surface area contributed by atoms with Crippen molar-refractivity contribution < 1.29 is 4.79 Å². The Bertz CT molecular complexity index is 282. The zero-order chi connectivity index (χ0) is 9.14. The van der Waals surface area contributed by atoms with Gasteiger partial charge in [0, 0.05) is 31.4 Å². The first-order valence-corrected chi connectivity index (χ1v) is 3.89. The normalized spacial score (nSPS) is 18.2. The molecule has 0 saturated carbocycles. The molecular formula is C10H13NO. The van der Waals surface area contributed by atoms with Crippen molar-refractivity contribution in [2.24, 2.45) is 0 Å². The third kappa shape index (κ3) is 1.84. The van der Waals surface area contributed by atoms with E-state index in [9.17, 15) is 4.79 Å². The topological polar surface area (TPSA) is 20.3 Å². The second-order valence-electron chi connectivity index (χ2n) is 3.04. The maximum Gasteiger partial charge on any atom is 0.160 e. The van der Waals surface area contributed by atoms with E-state index in [1.165, 1.54) is 0 Å². The van der Waals surface area contributed by atoms with E-state index in [0.29, 0.717) is 0 Å². The molecule has 0 aromatic carbocycles. The number of nitrogens with zero attached hydrogens (tertiary/aromatic N) is 1. The molecule has 0 heterocycles. The Morgan fingerprint density at radius 3 is 2.67 bits per heavy atom. The molecule has 0 atom stereocenters. The van der Waals surface area contributed by atoms with Gasteiger partial charge in [-0.05, 0) is 6.92 Å². The Morgan fingerprint density at radius 1 is 1.50 bits per heavy atom. The quantitative estimate of drug-likeness (QED) is 0.615. The van der Waals surface area contributed by atoms with Crippen molar-refractivity contribution in [3.63, 3.8) is 0 Å². The molecule has 0 aromatic rings. The zero-order valence-corrected chi connectivity index (χ0v) is 7.66. The molecule has 0 unspecified atom stereocenters. The number of carbonyl (C=O) groups is 1. The lowest BCUT2D eigenvalue weighted by atomic mass is 10.1. The van der Waals surface area contributed by atoms with Gasteiger partial charge in [0.15, 0.2) is 5.78 Å². The van der Waals surface area contributed by atoms with E-state index in [2.05, 4.69) is 0 Å². The molecule has 0 saturated heterocycles. The minimum absolute atomic E-state index is 0.119. The summed E-state index contributed by atoms with van der Waals surface area (Å²) in [7, 11) is 3.88. The van der Waals surface area contributed by atoms with Crippen LogP contribution >= 0.6 is 0 Å². The second-order valence-corrected chi connectivity index (χ2v) is 3.04. The lowest BCUT2D eigenvalue weighted by Gasteiger charge is -2.07. The summed E-state index contributed by atoms with van der Waals surface area (Å²) in [5, 5.41) is 0. The average Bonchev–Trinajstić information content (AvgIpc) is 2.33. The van der Waals surface area contributed by atoms with Gasteiger partial charge in [0.1, 0.15) is 0 Å². The first kappa shape index (κ1) is 8.78. The van der Waals surface area contributed by atoms with Gasteiger partial charge in [-0.15, -0.1) is 0 Å². The van der Waals surface area contributed by atoms with Gasteiger partial charge in [-0.25, -0.2) is 0 Å². The number of carbonyl (C=O) groups excluding carboxylic acids is 1. The molecule has 2 nitrogen and oxygen atoms in total. The van der Waals surface area contributed by atoms with Crippen LogP contribution in [-0.2, 0) is 4.79 Å². The van der Waals surface area contributed by atoms with E-state index in [4.69, 9.17) is 0 Å². The molecule has 1 rings (SSSR count). The van der Waals surface area contributed by atoms with Crippen LogP contribution < -0.4 is 0 Å². The molecule has 0 spiro atoms.